The van der Waals surface area contributed by atoms with E-state index in [9.17, 15) is 0 Å². The van der Waals surface area contributed by atoms with Crippen LogP contribution in [0.5, 0.6) is 0 Å². The summed E-state index contributed by atoms with van der Waals surface area (Å²) in [7, 11) is 0. The molecule has 0 aliphatic heterocycles. The van der Waals surface area contributed by atoms with Crippen molar-refractivity contribution in [2.75, 3.05) is 6.54 Å². The van der Waals surface area contributed by atoms with Gasteiger partial charge in [-0.1, -0.05) is 26.7 Å². The number of hydrogen-bond acceptors (Lipinski definition) is 2. The van der Waals surface area contributed by atoms with Crippen molar-refractivity contribution in [2.45, 2.75) is 46.7 Å². The van der Waals surface area contributed by atoms with Crippen molar-refractivity contribution < 1.29 is 0 Å². The van der Waals surface area contributed by atoms with E-state index in [0.29, 0.717) is 0 Å². The number of nitrogens with zero attached hydrogens (tertiary/aromatic N) is 2. The minimum Gasteiger partial charge on any atom is -0.334 e. The molecule has 1 rings (SSSR count). The van der Waals surface area contributed by atoms with Crippen molar-refractivity contribution in [1.82, 2.24) is 14.9 Å². The van der Waals surface area contributed by atoms with Gasteiger partial charge in [0.1, 0.15) is 5.82 Å². The zero-order valence-corrected chi connectivity index (χ0v) is 10.2. The van der Waals surface area contributed by atoms with Crippen LogP contribution >= 0.6 is 0 Å². The van der Waals surface area contributed by atoms with Crippen molar-refractivity contribution >= 4 is 0 Å². The van der Waals surface area contributed by atoms with E-state index < -0.39 is 0 Å². The molecule has 3 heteroatoms. The smallest absolute Gasteiger partial charge is 0.122 e. The van der Waals surface area contributed by atoms with Gasteiger partial charge in [-0.3, -0.25) is 0 Å². The summed E-state index contributed by atoms with van der Waals surface area (Å²) in [5.74, 6) is 1.94. The molecule has 0 aliphatic rings. The molecule has 0 saturated carbocycles. The highest BCUT2D eigenvalue weighted by atomic mass is 15.1. The molecule has 0 atom stereocenters. The van der Waals surface area contributed by atoms with Crippen LogP contribution in [0.15, 0.2) is 12.4 Å². The molecule has 15 heavy (non-hydrogen) atoms. The molecule has 0 bridgehead atoms. The Labute approximate surface area is 92.9 Å². The lowest BCUT2D eigenvalue weighted by Gasteiger charge is -2.13. The van der Waals surface area contributed by atoms with Crippen LogP contribution in [0.25, 0.3) is 0 Å². The van der Waals surface area contributed by atoms with Gasteiger partial charge in [0.25, 0.3) is 0 Å². The van der Waals surface area contributed by atoms with Crippen molar-refractivity contribution in [3.8, 4) is 0 Å². The molecule has 0 saturated heterocycles. The molecular weight excluding hydrogens is 186 g/mol. The second-order valence-corrected chi connectivity index (χ2v) is 3.94. The first-order chi connectivity index (χ1) is 7.31. The first-order valence-corrected chi connectivity index (χ1v) is 6.02. The third-order valence-electron chi connectivity index (χ3n) is 3.01. The molecule has 0 spiro atoms. The molecule has 86 valence electrons. The molecule has 0 unspecified atom stereocenters. The third-order valence-corrected chi connectivity index (χ3v) is 3.01. The Morgan fingerprint density at radius 3 is 2.67 bits per heavy atom. The van der Waals surface area contributed by atoms with E-state index in [1.165, 1.54) is 12.8 Å². The van der Waals surface area contributed by atoms with Crippen LogP contribution in [0, 0.1) is 5.92 Å². The van der Waals surface area contributed by atoms with Gasteiger partial charge in [0.15, 0.2) is 0 Å². The topological polar surface area (TPSA) is 29.9 Å². The minimum absolute atomic E-state index is 0.801. The van der Waals surface area contributed by atoms with E-state index in [1.54, 1.807) is 0 Å². The molecule has 1 aromatic rings. The highest BCUT2D eigenvalue weighted by Gasteiger charge is 2.04. The van der Waals surface area contributed by atoms with E-state index in [0.717, 1.165) is 31.4 Å². The maximum atomic E-state index is 4.34. The van der Waals surface area contributed by atoms with E-state index in [1.807, 2.05) is 12.4 Å². The Morgan fingerprint density at radius 1 is 1.33 bits per heavy atom. The summed E-state index contributed by atoms with van der Waals surface area (Å²) in [6.45, 7) is 9.64. The van der Waals surface area contributed by atoms with Crippen LogP contribution in [0.1, 0.15) is 39.4 Å². The first-order valence-electron chi connectivity index (χ1n) is 6.02. The van der Waals surface area contributed by atoms with Crippen LogP contribution in [0.2, 0.25) is 0 Å². The van der Waals surface area contributed by atoms with Crippen molar-refractivity contribution in [1.29, 1.82) is 0 Å². The average molecular weight is 209 g/mol. The predicted octanol–water partition coefficient (Wildman–Crippen LogP) is 2.43. The molecule has 1 N–H and O–H groups in total. The lowest BCUT2D eigenvalue weighted by atomic mass is 10.0. The summed E-state index contributed by atoms with van der Waals surface area (Å²) in [6, 6.07) is 0. The number of nitrogens with one attached hydrogen (secondary N) is 1. The fourth-order valence-corrected chi connectivity index (χ4v) is 1.76. The van der Waals surface area contributed by atoms with Gasteiger partial charge in [-0.05, 0) is 19.4 Å². The molecule has 3 nitrogen and oxygen atoms in total. The molecule has 0 amide bonds. The van der Waals surface area contributed by atoms with E-state index in [4.69, 9.17) is 0 Å². The highest BCUT2D eigenvalue weighted by molar-refractivity contribution is 4.91. The Balaban J connectivity index is 2.31. The fraction of sp³-hybridized carbons (Fsp3) is 0.750. The number of rotatable bonds is 7. The molecule has 0 aliphatic carbocycles. The van der Waals surface area contributed by atoms with Crippen LogP contribution in [-0.2, 0) is 13.1 Å². The van der Waals surface area contributed by atoms with Gasteiger partial charge in [0.2, 0.25) is 0 Å². The monoisotopic (exact) mass is 209 g/mol. The second-order valence-electron chi connectivity index (χ2n) is 3.94. The summed E-state index contributed by atoms with van der Waals surface area (Å²) in [5, 5.41) is 3.48. The first kappa shape index (κ1) is 12.2. The molecule has 1 aromatic heterocycles. The largest absolute Gasteiger partial charge is 0.334 e. The van der Waals surface area contributed by atoms with Gasteiger partial charge in [0, 0.05) is 18.9 Å². The van der Waals surface area contributed by atoms with Crippen molar-refractivity contribution in [2.24, 2.45) is 5.92 Å². The maximum Gasteiger partial charge on any atom is 0.122 e. The molecule has 0 fully saturated rings. The van der Waals surface area contributed by atoms with Gasteiger partial charge in [-0.2, -0.15) is 0 Å². The van der Waals surface area contributed by atoms with Gasteiger partial charge in [0.05, 0.1) is 6.54 Å². The molecule has 1 heterocycles. The summed E-state index contributed by atoms with van der Waals surface area (Å²) in [6.07, 6.45) is 6.42. The fourth-order valence-electron chi connectivity index (χ4n) is 1.76. The Kier molecular flexibility index (Phi) is 5.40. The van der Waals surface area contributed by atoms with Gasteiger partial charge < -0.3 is 9.88 Å². The Hall–Kier alpha value is -0.830. The normalized spacial score (nSPS) is 11.2. The van der Waals surface area contributed by atoms with Crippen LogP contribution in [-0.4, -0.2) is 16.1 Å². The number of aromatic nitrogens is 2. The SMILES string of the molecule is CCC(CC)CNCc1nccn1CC. The van der Waals surface area contributed by atoms with Gasteiger partial charge in [-0.15, -0.1) is 0 Å². The van der Waals surface area contributed by atoms with E-state index in [2.05, 4.69) is 35.6 Å². The van der Waals surface area contributed by atoms with Crippen molar-refractivity contribution in [3.63, 3.8) is 0 Å². The minimum atomic E-state index is 0.801. The standard InChI is InChI=1S/C12H23N3/c1-4-11(5-2)9-13-10-12-14-7-8-15(12)6-3/h7-8,11,13H,4-6,9-10H2,1-3H3. The third kappa shape index (κ3) is 3.67. The van der Waals surface area contributed by atoms with Gasteiger partial charge in [-0.25, -0.2) is 4.98 Å². The van der Waals surface area contributed by atoms with Crippen LogP contribution in [0.4, 0.5) is 0 Å². The Morgan fingerprint density at radius 2 is 2.07 bits per heavy atom. The number of hydrogen-bond donors (Lipinski definition) is 1. The van der Waals surface area contributed by atoms with E-state index >= 15 is 0 Å². The summed E-state index contributed by atoms with van der Waals surface area (Å²) >= 11 is 0. The molecular formula is C12H23N3. The summed E-state index contributed by atoms with van der Waals surface area (Å²) in [5.41, 5.74) is 0. The second kappa shape index (κ2) is 6.62. The molecule has 0 radical (unpaired) electrons. The number of aryl methyl sites for hydroxylation is 1. The van der Waals surface area contributed by atoms with Crippen LogP contribution in [0.3, 0.4) is 0 Å². The summed E-state index contributed by atoms with van der Waals surface area (Å²) in [4.78, 5) is 4.34. The average Bonchev–Trinajstić information content (AvgIpc) is 2.72. The van der Waals surface area contributed by atoms with Crippen molar-refractivity contribution in [3.05, 3.63) is 18.2 Å². The maximum absolute atomic E-state index is 4.34. The number of imidazole rings is 1. The highest BCUT2D eigenvalue weighted by Crippen LogP contribution is 2.05. The van der Waals surface area contributed by atoms with E-state index in [-0.39, 0.29) is 0 Å². The lowest BCUT2D eigenvalue weighted by molar-refractivity contribution is 0.442. The quantitative estimate of drug-likeness (QED) is 0.747. The predicted molar refractivity (Wildman–Crippen MR) is 63.7 cm³/mol. The molecule has 0 aromatic carbocycles. The Bertz CT molecular complexity index is 264. The lowest BCUT2D eigenvalue weighted by Crippen LogP contribution is -2.23. The summed E-state index contributed by atoms with van der Waals surface area (Å²) < 4.78 is 2.18. The van der Waals surface area contributed by atoms with Crippen LogP contribution < -0.4 is 5.32 Å². The zero-order valence-electron chi connectivity index (χ0n) is 10.2. The zero-order chi connectivity index (χ0) is 11.1. The van der Waals surface area contributed by atoms with Gasteiger partial charge >= 0.3 is 0 Å².